The van der Waals surface area contributed by atoms with Gasteiger partial charge in [0.05, 0.1) is 11.7 Å². The summed E-state index contributed by atoms with van der Waals surface area (Å²) < 4.78 is 13.4. The van der Waals surface area contributed by atoms with E-state index in [4.69, 9.17) is 5.11 Å². The van der Waals surface area contributed by atoms with Crippen molar-refractivity contribution in [2.24, 2.45) is 11.8 Å². The van der Waals surface area contributed by atoms with Gasteiger partial charge in [0, 0.05) is 11.4 Å². The molecule has 1 fully saturated rings. The summed E-state index contributed by atoms with van der Waals surface area (Å²) >= 11 is 1.14. The molecule has 0 radical (unpaired) electrons. The monoisotopic (exact) mass is 311 g/mol. The largest absolute Gasteiger partial charge is 0.481 e. The van der Waals surface area contributed by atoms with E-state index in [2.05, 4.69) is 5.32 Å². The topological polar surface area (TPSA) is 66.4 Å². The van der Waals surface area contributed by atoms with Crippen LogP contribution < -0.4 is 5.32 Å². The Bertz CT molecular complexity index is 523. The molecule has 21 heavy (non-hydrogen) atoms. The van der Waals surface area contributed by atoms with Crippen molar-refractivity contribution in [3.63, 3.8) is 0 Å². The van der Waals surface area contributed by atoms with E-state index in [1.807, 2.05) is 0 Å². The average molecular weight is 311 g/mol. The number of carboxylic acids is 1. The first-order valence-corrected chi connectivity index (χ1v) is 7.93. The number of hydrogen-bond acceptors (Lipinski definition) is 3. The molecule has 1 aromatic rings. The van der Waals surface area contributed by atoms with Crippen molar-refractivity contribution in [1.82, 2.24) is 5.32 Å². The van der Waals surface area contributed by atoms with E-state index in [0.29, 0.717) is 17.9 Å². The van der Waals surface area contributed by atoms with E-state index in [0.717, 1.165) is 24.6 Å². The molecule has 2 atom stereocenters. The molecule has 1 aliphatic carbocycles. The molecule has 0 saturated heterocycles. The van der Waals surface area contributed by atoms with E-state index in [1.165, 1.54) is 6.07 Å². The SMILES string of the molecule is O=C(CSc1ccccc1F)NCC1CCCC1C(=O)O. The van der Waals surface area contributed by atoms with Gasteiger partial charge in [-0.1, -0.05) is 18.6 Å². The first-order valence-electron chi connectivity index (χ1n) is 6.94. The normalized spacial score (nSPS) is 21.2. The quantitative estimate of drug-likeness (QED) is 0.792. The Kier molecular flexibility index (Phi) is 5.61. The number of thioether (sulfide) groups is 1. The van der Waals surface area contributed by atoms with Crippen LogP contribution in [-0.4, -0.2) is 29.3 Å². The van der Waals surface area contributed by atoms with Crippen molar-refractivity contribution in [3.8, 4) is 0 Å². The third-order valence-electron chi connectivity index (χ3n) is 3.73. The van der Waals surface area contributed by atoms with Crippen LogP contribution in [-0.2, 0) is 9.59 Å². The first kappa shape index (κ1) is 15.8. The van der Waals surface area contributed by atoms with Crippen LogP contribution in [0.3, 0.4) is 0 Å². The van der Waals surface area contributed by atoms with Crippen molar-refractivity contribution in [3.05, 3.63) is 30.1 Å². The number of nitrogens with one attached hydrogen (secondary N) is 1. The van der Waals surface area contributed by atoms with Crippen molar-refractivity contribution < 1.29 is 19.1 Å². The predicted octanol–water partition coefficient (Wildman–Crippen LogP) is 2.53. The lowest BCUT2D eigenvalue weighted by Gasteiger charge is -2.16. The summed E-state index contributed by atoms with van der Waals surface area (Å²) in [6.45, 7) is 0.383. The zero-order valence-electron chi connectivity index (χ0n) is 11.5. The second-order valence-corrected chi connectivity index (χ2v) is 6.18. The van der Waals surface area contributed by atoms with Gasteiger partial charge >= 0.3 is 5.97 Å². The standard InChI is InChI=1S/C15H18FNO3S/c16-12-6-1-2-7-13(12)21-9-14(18)17-8-10-4-3-5-11(10)15(19)20/h1-2,6-7,10-11H,3-5,8-9H2,(H,17,18)(H,19,20). The molecule has 1 saturated carbocycles. The predicted molar refractivity (Wildman–Crippen MR) is 78.6 cm³/mol. The smallest absolute Gasteiger partial charge is 0.306 e. The van der Waals surface area contributed by atoms with Gasteiger partial charge in [-0.25, -0.2) is 4.39 Å². The van der Waals surface area contributed by atoms with Gasteiger partial charge in [-0.3, -0.25) is 9.59 Å². The molecule has 2 rings (SSSR count). The Morgan fingerprint density at radius 1 is 1.33 bits per heavy atom. The first-order chi connectivity index (χ1) is 10.1. The maximum Gasteiger partial charge on any atom is 0.306 e. The highest BCUT2D eigenvalue weighted by molar-refractivity contribution is 8.00. The maximum atomic E-state index is 13.4. The summed E-state index contributed by atoms with van der Waals surface area (Å²) in [4.78, 5) is 23.2. The fourth-order valence-corrected chi connectivity index (χ4v) is 3.38. The molecule has 2 N–H and O–H groups in total. The summed E-state index contributed by atoms with van der Waals surface area (Å²) in [5, 5.41) is 11.8. The zero-order valence-corrected chi connectivity index (χ0v) is 12.4. The van der Waals surface area contributed by atoms with Crippen LogP contribution in [0.5, 0.6) is 0 Å². The molecule has 2 unspecified atom stereocenters. The molecule has 1 amide bonds. The lowest BCUT2D eigenvalue weighted by molar-refractivity contribution is -0.143. The van der Waals surface area contributed by atoms with Gasteiger partial charge in [0.25, 0.3) is 0 Å². The van der Waals surface area contributed by atoms with E-state index in [-0.39, 0.29) is 29.3 Å². The zero-order chi connectivity index (χ0) is 15.2. The molecule has 4 nitrogen and oxygen atoms in total. The van der Waals surface area contributed by atoms with Crippen molar-refractivity contribution >= 4 is 23.6 Å². The summed E-state index contributed by atoms with van der Waals surface area (Å²) in [5.74, 6) is -1.54. The van der Waals surface area contributed by atoms with Crippen LogP contribution in [0.1, 0.15) is 19.3 Å². The van der Waals surface area contributed by atoms with Gasteiger partial charge in [0.15, 0.2) is 0 Å². The highest BCUT2D eigenvalue weighted by Crippen LogP contribution is 2.31. The summed E-state index contributed by atoms with van der Waals surface area (Å²) in [5.41, 5.74) is 0. The Hall–Kier alpha value is -1.56. The molecular weight excluding hydrogens is 293 g/mol. The summed E-state index contributed by atoms with van der Waals surface area (Å²) in [6, 6.07) is 6.31. The van der Waals surface area contributed by atoms with E-state index >= 15 is 0 Å². The lowest BCUT2D eigenvalue weighted by Crippen LogP contribution is -2.33. The molecule has 1 aliphatic rings. The molecule has 0 bridgehead atoms. The van der Waals surface area contributed by atoms with Gasteiger partial charge in [-0.05, 0) is 30.9 Å². The maximum absolute atomic E-state index is 13.4. The second kappa shape index (κ2) is 7.45. The van der Waals surface area contributed by atoms with E-state index < -0.39 is 5.97 Å². The van der Waals surface area contributed by atoms with Gasteiger partial charge < -0.3 is 10.4 Å². The highest BCUT2D eigenvalue weighted by Gasteiger charge is 2.32. The molecule has 0 aromatic heterocycles. The minimum Gasteiger partial charge on any atom is -0.481 e. The fourth-order valence-electron chi connectivity index (χ4n) is 2.61. The third-order valence-corrected chi connectivity index (χ3v) is 4.78. The number of rotatable bonds is 6. The Morgan fingerprint density at radius 3 is 2.81 bits per heavy atom. The molecule has 0 spiro atoms. The summed E-state index contributed by atoms with van der Waals surface area (Å²) in [6.07, 6.45) is 2.40. The number of halogens is 1. The number of aliphatic carboxylic acids is 1. The summed E-state index contributed by atoms with van der Waals surface area (Å²) in [7, 11) is 0. The van der Waals surface area contributed by atoms with Crippen molar-refractivity contribution in [2.75, 3.05) is 12.3 Å². The number of carbonyl (C=O) groups excluding carboxylic acids is 1. The molecule has 0 aliphatic heterocycles. The molecular formula is C15H18FNO3S. The number of benzene rings is 1. The van der Waals surface area contributed by atoms with Crippen LogP contribution in [0.2, 0.25) is 0 Å². The van der Waals surface area contributed by atoms with Gasteiger partial charge in [0.1, 0.15) is 5.82 Å². The number of carboxylic acid groups (broad SMARTS) is 1. The number of amides is 1. The van der Waals surface area contributed by atoms with Gasteiger partial charge in [-0.2, -0.15) is 0 Å². The van der Waals surface area contributed by atoms with Crippen LogP contribution >= 0.6 is 11.8 Å². The van der Waals surface area contributed by atoms with Gasteiger partial charge in [0.2, 0.25) is 5.91 Å². The number of hydrogen-bond donors (Lipinski definition) is 2. The average Bonchev–Trinajstić information content (AvgIpc) is 2.93. The van der Waals surface area contributed by atoms with Crippen LogP contribution in [0, 0.1) is 17.7 Å². The lowest BCUT2D eigenvalue weighted by atomic mass is 9.96. The molecule has 0 heterocycles. The van der Waals surface area contributed by atoms with Crippen molar-refractivity contribution in [1.29, 1.82) is 0 Å². The Balaban J connectivity index is 1.75. The highest BCUT2D eigenvalue weighted by atomic mass is 32.2. The molecule has 6 heteroatoms. The van der Waals surface area contributed by atoms with Crippen LogP contribution in [0.4, 0.5) is 4.39 Å². The fraction of sp³-hybridized carbons (Fsp3) is 0.467. The Labute approximate surface area is 127 Å². The van der Waals surface area contributed by atoms with E-state index in [9.17, 15) is 14.0 Å². The van der Waals surface area contributed by atoms with Gasteiger partial charge in [-0.15, -0.1) is 11.8 Å². The van der Waals surface area contributed by atoms with Crippen LogP contribution in [0.25, 0.3) is 0 Å². The minimum atomic E-state index is -0.785. The second-order valence-electron chi connectivity index (χ2n) is 5.16. The van der Waals surface area contributed by atoms with Crippen LogP contribution in [0.15, 0.2) is 29.2 Å². The van der Waals surface area contributed by atoms with Crippen molar-refractivity contribution in [2.45, 2.75) is 24.2 Å². The molecule has 114 valence electrons. The molecule has 1 aromatic carbocycles. The number of carbonyl (C=O) groups is 2. The minimum absolute atomic E-state index is 0.00455. The Morgan fingerprint density at radius 2 is 2.10 bits per heavy atom. The van der Waals surface area contributed by atoms with E-state index in [1.54, 1.807) is 18.2 Å². The third kappa shape index (κ3) is 4.46.